The molecule has 0 radical (unpaired) electrons. The van der Waals surface area contributed by atoms with E-state index in [0.29, 0.717) is 11.4 Å². The van der Waals surface area contributed by atoms with Gasteiger partial charge in [-0.25, -0.2) is 14.5 Å². The average molecular weight is 392 g/mol. The summed E-state index contributed by atoms with van der Waals surface area (Å²) in [5.41, 5.74) is 6.68. The van der Waals surface area contributed by atoms with Gasteiger partial charge in [-0.05, 0) is 25.1 Å². The molecule has 0 unspecified atom stereocenters. The lowest BCUT2D eigenvalue weighted by Gasteiger charge is -2.27. The van der Waals surface area contributed by atoms with E-state index < -0.39 is 18.1 Å². The highest BCUT2D eigenvalue weighted by Crippen LogP contribution is 2.34. The van der Waals surface area contributed by atoms with Gasteiger partial charge in [0.15, 0.2) is 11.5 Å². The average Bonchev–Trinajstić information content (AvgIpc) is 2.99. The summed E-state index contributed by atoms with van der Waals surface area (Å²) in [6.07, 6.45) is 1.24. The summed E-state index contributed by atoms with van der Waals surface area (Å²) in [5, 5.41) is 17.9. The third-order valence-electron chi connectivity index (χ3n) is 3.93. The first-order chi connectivity index (χ1) is 12.8. The van der Waals surface area contributed by atoms with Crippen LogP contribution in [0.2, 0.25) is 5.02 Å². The molecule has 3 aromatic heterocycles. The zero-order valence-electron chi connectivity index (χ0n) is 14.3. The monoisotopic (exact) mass is 391 g/mol. The minimum absolute atomic E-state index is 0.0160. The first kappa shape index (κ1) is 18.5. The molecule has 0 saturated heterocycles. The molecule has 0 aliphatic heterocycles. The van der Waals surface area contributed by atoms with E-state index in [0.717, 1.165) is 11.1 Å². The molecular weight excluding hydrogens is 377 g/mol. The summed E-state index contributed by atoms with van der Waals surface area (Å²) in [6, 6.07) is 3.57. The summed E-state index contributed by atoms with van der Waals surface area (Å²) in [4.78, 5) is 20.7. The maximum Gasteiger partial charge on any atom is 0.413 e. The molecule has 0 saturated carbocycles. The van der Waals surface area contributed by atoms with Crippen molar-refractivity contribution in [1.82, 2.24) is 25.0 Å². The van der Waals surface area contributed by atoms with E-state index in [1.54, 1.807) is 12.1 Å². The van der Waals surface area contributed by atoms with Crippen LogP contribution in [0.3, 0.4) is 0 Å². The number of nitrogens with zero attached hydrogens (tertiary/aromatic N) is 6. The van der Waals surface area contributed by atoms with Crippen LogP contribution in [0.25, 0.3) is 11.4 Å². The topological polar surface area (TPSA) is 123 Å². The second-order valence-electron chi connectivity index (χ2n) is 5.72. The highest BCUT2D eigenvalue weighted by Gasteiger charge is 2.32. The fourth-order valence-electron chi connectivity index (χ4n) is 2.64. The number of nitrogen functional groups attached to an aromatic ring is 1. The molecule has 3 aromatic rings. The summed E-state index contributed by atoms with van der Waals surface area (Å²) in [5.74, 6) is -0.702. The second-order valence-corrected chi connectivity index (χ2v) is 6.16. The van der Waals surface area contributed by atoms with Crippen LogP contribution >= 0.6 is 11.6 Å². The second kappa shape index (κ2) is 7.16. The summed E-state index contributed by atoms with van der Waals surface area (Å²) < 4.78 is 15.5. The van der Waals surface area contributed by atoms with Gasteiger partial charge in [0.2, 0.25) is 5.95 Å². The summed E-state index contributed by atoms with van der Waals surface area (Å²) >= 11 is 5.90. The molecule has 9 nitrogen and oxygen atoms in total. The van der Waals surface area contributed by atoms with Crippen LogP contribution in [0.5, 0.6) is 0 Å². The molecule has 0 aliphatic rings. The Balaban J connectivity index is 2.14. The molecule has 0 fully saturated rings. The molecule has 0 aliphatic carbocycles. The van der Waals surface area contributed by atoms with E-state index in [1.165, 1.54) is 30.9 Å². The molecule has 3 heterocycles. The first-order valence-electron chi connectivity index (χ1n) is 7.74. The van der Waals surface area contributed by atoms with Gasteiger partial charge in [0.25, 0.3) is 0 Å². The minimum Gasteiger partial charge on any atom is -0.465 e. The quantitative estimate of drug-likeness (QED) is 0.655. The van der Waals surface area contributed by atoms with E-state index in [2.05, 4.69) is 20.3 Å². The molecule has 0 bridgehead atoms. The number of rotatable bonds is 4. The van der Waals surface area contributed by atoms with Gasteiger partial charge < -0.3 is 10.8 Å². The maximum atomic E-state index is 14.2. The number of hydrogen-bond acceptors (Lipinski definition) is 6. The van der Waals surface area contributed by atoms with Crippen molar-refractivity contribution in [3.63, 3.8) is 0 Å². The lowest BCUT2D eigenvalue weighted by molar-refractivity contribution is 0.199. The third-order valence-corrected chi connectivity index (χ3v) is 4.14. The van der Waals surface area contributed by atoms with Crippen LogP contribution in [-0.2, 0) is 7.05 Å². The summed E-state index contributed by atoms with van der Waals surface area (Å²) in [7, 11) is 1.53. The van der Waals surface area contributed by atoms with Crippen molar-refractivity contribution in [2.45, 2.75) is 13.0 Å². The number of halogens is 2. The van der Waals surface area contributed by atoms with Crippen molar-refractivity contribution >= 4 is 29.2 Å². The maximum absolute atomic E-state index is 14.2. The van der Waals surface area contributed by atoms with Gasteiger partial charge in [-0.2, -0.15) is 4.39 Å². The molecule has 1 amide bonds. The Morgan fingerprint density at radius 1 is 1.37 bits per heavy atom. The predicted molar refractivity (Wildman–Crippen MR) is 96.8 cm³/mol. The van der Waals surface area contributed by atoms with Crippen molar-refractivity contribution in [3.8, 4) is 11.4 Å². The molecule has 27 heavy (non-hydrogen) atoms. The molecule has 3 N–H and O–H groups in total. The Labute approximate surface area is 158 Å². The SMILES string of the molecule is C[C@H](c1cc(Cl)cnc1F)N(C(=O)O)c1c(-c2ccc(N)cn2)nnn1C. The minimum atomic E-state index is -1.33. The van der Waals surface area contributed by atoms with Gasteiger partial charge in [0.05, 0.1) is 28.6 Å². The zero-order chi connectivity index (χ0) is 19.7. The third kappa shape index (κ3) is 3.51. The molecule has 3 rings (SSSR count). The number of aryl methyl sites for hydroxylation is 1. The molecule has 140 valence electrons. The molecule has 0 spiro atoms. The molecular formula is C16H15ClFN7O2. The number of carboxylic acid groups (broad SMARTS) is 1. The fourth-order valence-corrected chi connectivity index (χ4v) is 2.81. The van der Waals surface area contributed by atoms with Crippen molar-refractivity contribution in [2.75, 3.05) is 10.6 Å². The fraction of sp³-hybridized carbons (Fsp3) is 0.188. The van der Waals surface area contributed by atoms with Crippen LogP contribution in [0.4, 0.5) is 20.7 Å². The number of carbonyl (C=O) groups is 1. The van der Waals surface area contributed by atoms with E-state index in [1.807, 2.05) is 0 Å². The van der Waals surface area contributed by atoms with Crippen LogP contribution < -0.4 is 10.6 Å². The Hall–Kier alpha value is -3.27. The Morgan fingerprint density at radius 3 is 2.74 bits per heavy atom. The van der Waals surface area contributed by atoms with E-state index in [-0.39, 0.29) is 22.1 Å². The van der Waals surface area contributed by atoms with Gasteiger partial charge in [-0.1, -0.05) is 16.8 Å². The van der Waals surface area contributed by atoms with Crippen LogP contribution in [0.15, 0.2) is 30.6 Å². The van der Waals surface area contributed by atoms with Crippen molar-refractivity contribution < 1.29 is 14.3 Å². The van der Waals surface area contributed by atoms with Gasteiger partial charge >= 0.3 is 6.09 Å². The van der Waals surface area contributed by atoms with Crippen molar-refractivity contribution in [2.24, 2.45) is 7.05 Å². The lowest BCUT2D eigenvalue weighted by atomic mass is 10.1. The van der Waals surface area contributed by atoms with Gasteiger partial charge in [-0.3, -0.25) is 9.88 Å². The first-order valence-corrected chi connectivity index (χ1v) is 8.12. The molecule has 11 heteroatoms. The van der Waals surface area contributed by atoms with Crippen molar-refractivity contribution in [1.29, 1.82) is 0 Å². The molecule has 1 atom stereocenters. The highest BCUT2D eigenvalue weighted by molar-refractivity contribution is 6.30. The van der Waals surface area contributed by atoms with Crippen molar-refractivity contribution in [3.05, 3.63) is 47.1 Å². The summed E-state index contributed by atoms with van der Waals surface area (Å²) in [6.45, 7) is 1.51. The Kier molecular flexibility index (Phi) is 4.91. The van der Waals surface area contributed by atoms with E-state index in [9.17, 15) is 14.3 Å². The van der Waals surface area contributed by atoms with Crippen LogP contribution in [0.1, 0.15) is 18.5 Å². The standard InChI is InChI=1S/C16H15ClFN7O2/c1-8(11-5-9(17)6-21-14(11)18)25(16(26)27)15-13(22-23-24(15)2)12-4-3-10(19)7-20-12/h3-8H,19H2,1-2H3,(H,26,27)/t8-/m1/s1. The van der Waals surface area contributed by atoms with Crippen LogP contribution in [0, 0.1) is 5.95 Å². The number of amides is 1. The number of hydrogen-bond donors (Lipinski definition) is 2. The van der Waals surface area contributed by atoms with E-state index in [4.69, 9.17) is 17.3 Å². The van der Waals surface area contributed by atoms with Gasteiger partial charge in [0.1, 0.15) is 0 Å². The normalized spacial score (nSPS) is 12.0. The number of nitrogens with two attached hydrogens (primary N) is 1. The highest BCUT2D eigenvalue weighted by atomic mass is 35.5. The number of aromatic nitrogens is 5. The smallest absolute Gasteiger partial charge is 0.413 e. The lowest BCUT2D eigenvalue weighted by Crippen LogP contribution is -2.34. The predicted octanol–water partition coefficient (Wildman–Crippen LogP) is 2.89. The van der Waals surface area contributed by atoms with Gasteiger partial charge in [-0.15, -0.1) is 5.10 Å². The Bertz CT molecular complexity index is 993. The zero-order valence-corrected chi connectivity index (χ0v) is 15.1. The van der Waals surface area contributed by atoms with E-state index >= 15 is 0 Å². The van der Waals surface area contributed by atoms with Gasteiger partial charge in [0, 0.05) is 18.8 Å². The van der Waals surface area contributed by atoms with Crippen LogP contribution in [-0.4, -0.2) is 36.2 Å². The Morgan fingerprint density at radius 2 is 2.11 bits per heavy atom. The number of anilines is 2. The number of pyridine rings is 2. The molecule has 0 aromatic carbocycles. The largest absolute Gasteiger partial charge is 0.465 e.